The molecule has 0 aliphatic heterocycles. The van der Waals surface area contributed by atoms with Crippen LogP contribution in [-0.4, -0.2) is 21.9 Å². The number of hydrogen-bond acceptors (Lipinski definition) is 4. The Morgan fingerprint density at radius 2 is 1.70 bits per heavy atom. The van der Waals surface area contributed by atoms with Gasteiger partial charge in [-0.1, -0.05) is 30.3 Å². The summed E-state index contributed by atoms with van der Waals surface area (Å²) in [7, 11) is 0. The first kappa shape index (κ1) is 26.5. The van der Waals surface area contributed by atoms with Gasteiger partial charge in [0, 0.05) is 16.8 Å². The molecule has 5 aromatic rings. The zero-order valence-electron chi connectivity index (χ0n) is 21.2. The van der Waals surface area contributed by atoms with Crippen LogP contribution >= 0.6 is 0 Å². The van der Waals surface area contributed by atoms with E-state index in [1.807, 2.05) is 37.3 Å². The molecule has 0 spiro atoms. The number of para-hydroxylation sites is 2. The molecule has 1 aromatic heterocycles. The lowest BCUT2D eigenvalue weighted by atomic mass is 10.1. The molecule has 202 valence electrons. The van der Waals surface area contributed by atoms with Crippen LogP contribution in [0.2, 0.25) is 0 Å². The Kier molecular flexibility index (Phi) is 7.24. The number of aromatic amines is 1. The van der Waals surface area contributed by atoms with Gasteiger partial charge in [0.2, 0.25) is 0 Å². The van der Waals surface area contributed by atoms with E-state index in [1.165, 1.54) is 36.4 Å². The number of fused-ring (bicyclic) bond motifs is 1. The maximum absolute atomic E-state index is 12.9. The summed E-state index contributed by atoms with van der Waals surface area (Å²) in [4.78, 5) is 33.0. The fourth-order valence-electron chi connectivity index (χ4n) is 4.08. The van der Waals surface area contributed by atoms with Crippen molar-refractivity contribution in [3.63, 3.8) is 0 Å². The molecule has 0 radical (unpaired) electrons. The molecule has 0 bridgehead atoms. The Morgan fingerprint density at radius 1 is 0.925 bits per heavy atom. The average Bonchev–Trinajstić information content (AvgIpc) is 3.37. The number of anilines is 1. The van der Waals surface area contributed by atoms with Crippen LogP contribution in [0, 0.1) is 6.92 Å². The highest BCUT2D eigenvalue weighted by atomic mass is 19.4. The number of ether oxygens (including phenoxy) is 1. The number of rotatable bonds is 6. The second kappa shape index (κ2) is 10.9. The summed E-state index contributed by atoms with van der Waals surface area (Å²) in [5.74, 6) is 0.386. The van der Waals surface area contributed by atoms with E-state index in [0.29, 0.717) is 22.8 Å². The second-order valence-electron chi connectivity index (χ2n) is 9.05. The normalized spacial score (nSPS) is 11.3. The number of urea groups is 1. The Morgan fingerprint density at radius 3 is 2.45 bits per heavy atom. The molecular weight excluding hydrogens is 521 g/mol. The average molecular weight is 545 g/mol. The van der Waals surface area contributed by atoms with Gasteiger partial charge in [0.15, 0.2) is 0 Å². The van der Waals surface area contributed by atoms with Crippen molar-refractivity contribution in [1.29, 1.82) is 0 Å². The van der Waals surface area contributed by atoms with Gasteiger partial charge in [-0.15, -0.1) is 0 Å². The zero-order chi connectivity index (χ0) is 28.3. The van der Waals surface area contributed by atoms with E-state index in [-0.39, 0.29) is 12.2 Å². The number of nitrogens with zero attached hydrogens (tertiary/aromatic N) is 1. The fourth-order valence-corrected chi connectivity index (χ4v) is 4.08. The maximum atomic E-state index is 12.9. The van der Waals surface area contributed by atoms with Crippen LogP contribution in [0.3, 0.4) is 0 Å². The van der Waals surface area contributed by atoms with Crippen molar-refractivity contribution >= 4 is 28.7 Å². The van der Waals surface area contributed by atoms with Gasteiger partial charge >= 0.3 is 12.2 Å². The summed E-state index contributed by atoms with van der Waals surface area (Å²) in [5.41, 5.74) is 3.76. The van der Waals surface area contributed by atoms with Gasteiger partial charge in [0.25, 0.3) is 5.91 Å². The molecule has 0 fully saturated rings. The first-order chi connectivity index (χ1) is 19.2. The van der Waals surface area contributed by atoms with Crippen molar-refractivity contribution in [1.82, 2.24) is 15.3 Å². The van der Waals surface area contributed by atoms with Gasteiger partial charge in [0.1, 0.15) is 18.2 Å². The molecule has 0 atom stereocenters. The minimum Gasteiger partial charge on any atom is -0.489 e. The Labute approximate surface area is 227 Å². The first-order valence-corrected chi connectivity index (χ1v) is 12.2. The topological polar surface area (TPSA) is 96.1 Å². The van der Waals surface area contributed by atoms with Crippen molar-refractivity contribution in [2.75, 3.05) is 5.32 Å². The summed E-state index contributed by atoms with van der Waals surface area (Å²) < 4.78 is 44.2. The van der Waals surface area contributed by atoms with Crippen LogP contribution in [0.15, 0.2) is 91.0 Å². The van der Waals surface area contributed by atoms with E-state index in [4.69, 9.17) is 4.74 Å². The number of hydrogen-bond donors (Lipinski definition) is 3. The molecule has 5 rings (SSSR count). The van der Waals surface area contributed by atoms with Crippen molar-refractivity contribution in [2.24, 2.45) is 0 Å². The van der Waals surface area contributed by atoms with Crippen molar-refractivity contribution < 1.29 is 27.5 Å². The van der Waals surface area contributed by atoms with Crippen molar-refractivity contribution in [3.8, 4) is 17.1 Å². The van der Waals surface area contributed by atoms with E-state index < -0.39 is 23.7 Å². The summed E-state index contributed by atoms with van der Waals surface area (Å²) in [6, 6.07) is 23.0. The third-order valence-corrected chi connectivity index (χ3v) is 6.14. The van der Waals surface area contributed by atoms with Crippen LogP contribution in [-0.2, 0) is 12.8 Å². The number of alkyl halides is 3. The van der Waals surface area contributed by atoms with Crippen LogP contribution in [0.25, 0.3) is 22.4 Å². The molecule has 3 N–H and O–H groups in total. The fraction of sp³-hybridized carbons (Fsp3) is 0.100. The molecule has 40 heavy (non-hydrogen) atoms. The van der Waals surface area contributed by atoms with E-state index in [0.717, 1.165) is 34.3 Å². The second-order valence-corrected chi connectivity index (χ2v) is 9.05. The largest absolute Gasteiger partial charge is 0.489 e. The maximum Gasteiger partial charge on any atom is 0.416 e. The number of aryl methyl sites for hydroxylation is 1. The highest BCUT2D eigenvalue weighted by Gasteiger charge is 2.30. The molecular formula is C30H23F3N4O3. The molecule has 0 aliphatic rings. The molecule has 0 unspecified atom stereocenters. The Bertz CT molecular complexity index is 1660. The van der Waals surface area contributed by atoms with Gasteiger partial charge in [0.05, 0.1) is 16.6 Å². The first-order valence-electron chi connectivity index (χ1n) is 12.2. The minimum atomic E-state index is -4.44. The number of H-pyrrole nitrogens is 1. The SMILES string of the molecule is Cc1ccc(NC(=O)NC(=O)c2ccc(OCc3cccc(C(F)(F)F)c3)cc2)cc1-c1nc2ccccc2[nH]1. The Hall–Kier alpha value is -5.12. The standard InChI is InChI=1S/C30H23F3N4O3/c1-18-9-12-22(16-24(18)27-35-25-7-2-3-8-26(25)36-27)34-29(39)37-28(38)20-10-13-23(14-11-20)40-17-19-5-4-6-21(15-19)30(31,32)33/h2-16H,17H2,1H3,(H,35,36)(H2,34,37,38,39). The van der Waals surface area contributed by atoms with Crippen LogP contribution in [0.5, 0.6) is 5.75 Å². The molecule has 0 saturated carbocycles. The van der Waals surface area contributed by atoms with Crippen molar-refractivity contribution in [3.05, 3.63) is 113 Å². The number of benzene rings is 4. The molecule has 3 amide bonds. The lowest BCUT2D eigenvalue weighted by Crippen LogP contribution is -2.34. The molecule has 7 nitrogen and oxygen atoms in total. The monoisotopic (exact) mass is 544 g/mol. The molecule has 0 saturated heterocycles. The smallest absolute Gasteiger partial charge is 0.416 e. The number of nitrogens with one attached hydrogen (secondary N) is 3. The Balaban J connectivity index is 1.19. The van der Waals surface area contributed by atoms with Gasteiger partial charge < -0.3 is 15.0 Å². The summed E-state index contributed by atoms with van der Waals surface area (Å²) in [6.07, 6.45) is -4.44. The predicted molar refractivity (Wildman–Crippen MR) is 145 cm³/mol. The highest BCUT2D eigenvalue weighted by Crippen LogP contribution is 2.30. The third kappa shape index (κ3) is 6.12. The lowest BCUT2D eigenvalue weighted by Gasteiger charge is -2.11. The number of carbonyl (C=O) groups is 2. The number of carbonyl (C=O) groups excluding carboxylic acids is 2. The molecule has 1 heterocycles. The summed E-state index contributed by atoms with van der Waals surface area (Å²) in [5, 5.41) is 4.94. The summed E-state index contributed by atoms with van der Waals surface area (Å²) >= 11 is 0. The number of imide groups is 1. The predicted octanol–water partition coefficient (Wildman–Crippen LogP) is 7.10. The number of aromatic nitrogens is 2. The summed E-state index contributed by atoms with van der Waals surface area (Å²) in [6.45, 7) is 1.85. The quantitative estimate of drug-likeness (QED) is 0.213. The number of imidazole rings is 1. The van der Waals surface area contributed by atoms with E-state index in [1.54, 1.807) is 12.1 Å². The highest BCUT2D eigenvalue weighted by molar-refractivity contribution is 6.08. The van der Waals surface area contributed by atoms with Crippen molar-refractivity contribution in [2.45, 2.75) is 19.7 Å². The zero-order valence-corrected chi connectivity index (χ0v) is 21.2. The molecule has 4 aromatic carbocycles. The van der Waals surface area contributed by atoms with Crippen LogP contribution in [0.1, 0.15) is 27.0 Å². The third-order valence-electron chi connectivity index (χ3n) is 6.14. The van der Waals surface area contributed by atoms with Gasteiger partial charge in [-0.2, -0.15) is 13.2 Å². The number of amides is 3. The van der Waals surface area contributed by atoms with Crippen LogP contribution < -0.4 is 15.4 Å². The van der Waals surface area contributed by atoms with E-state index in [9.17, 15) is 22.8 Å². The van der Waals surface area contributed by atoms with E-state index >= 15 is 0 Å². The van der Waals surface area contributed by atoms with Gasteiger partial charge in [-0.25, -0.2) is 9.78 Å². The molecule has 10 heteroatoms. The van der Waals surface area contributed by atoms with E-state index in [2.05, 4.69) is 20.6 Å². The van der Waals surface area contributed by atoms with Crippen LogP contribution in [0.4, 0.5) is 23.7 Å². The van der Waals surface area contributed by atoms with Gasteiger partial charge in [-0.05, 0) is 78.7 Å². The lowest BCUT2D eigenvalue weighted by molar-refractivity contribution is -0.137. The number of halogens is 3. The molecule has 0 aliphatic carbocycles. The minimum absolute atomic E-state index is 0.0789. The van der Waals surface area contributed by atoms with Gasteiger partial charge in [-0.3, -0.25) is 10.1 Å².